The molecule has 0 spiro atoms. The molecule has 116 valence electrons. The SMILES string of the molecule is CCCCCCOC(=O)/N=N/C(=O)OCCCCCC. The van der Waals surface area contributed by atoms with Gasteiger partial charge >= 0.3 is 12.2 Å². The maximum Gasteiger partial charge on any atom is 0.452 e. The second kappa shape index (κ2) is 14.0. The van der Waals surface area contributed by atoms with Crippen molar-refractivity contribution in [3.63, 3.8) is 0 Å². The van der Waals surface area contributed by atoms with E-state index >= 15 is 0 Å². The molecular formula is C14H26N2O4. The molecular weight excluding hydrogens is 260 g/mol. The van der Waals surface area contributed by atoms with Gasteiger partial charge in [0, 0.05) is 0 Å². The number of hydrogen-bond acceptors (Lipinski definition) is 4. The number of hydrogen-bond donors (Lipinski definition) is 0. The zero-order valence-electron chi connectivity index (χ0n) is 12.6. The summed E-state index contributed by atoms with van der Waals surface area (Å²) < 4.78 is 9.58. The number of unbranched alkanes of at least 4 members (excludes halogenated alkanes) is 6. The highest BCUT2D eigenvalue weighted by Crippen LogP contribution is 2.01. The van der Waals surface area contributed by atoms with Crippen LogP contribution in [0.15, 0.2) is 10.2 Å². The Balaban J connectivity index is 3.54. The Bertz CT molecular complexity index is 265. The molecule has 6 nitrogen and oxygen atoms in total. The van der Waals surface area contributed by atoms with Crippen molar-refractivity contribution >= 4 is 12.2 Å². The van der Waals surface area contributed by atoms with Gasteiger partial charge in [0.2, 0.25) is 0 Å². The number of ether oxygens (including phenoxy) is 2. The second-order valence-corrected chi connectivity index (χ2v) is 4.55. The highest BCUT2D eigenvalue weighted by atomic mass is 16.6. The van der Waals surface area contributed by atoms with Crippen LogP contribution in [0, 0.1) is 0 Å². The van der Waals surface area contributed by atoms with E-state index in [0.29, 0.717) is 13.2 Å². The average molecular weight is 286 g/mol. The molecule has 0 atom stereocenters. The van der Waals surface area contributed by atoms with E-state index in [-0.39, 0.29) is 0 Å². The Morgan fingerprint density at radius 1 is 0.700 bits per heavy atom. The number of azo groups is 1. The summed E-state index contributed by atoms with van der Waals surface area (Å²) in [4.78, 5) is 22.2. The number of nitrogens with zero attached hydrogens (tertiary/aromatic N) is 2. The van der Waals surface area contributed by atoms with Gasteiger partial charge in [-0.2, -0.15) is 0 Å². The largest absolute Gasteiger partial charge is 0.452 e. The lowest BCUT2D eigenvalue weighted by Crippen LogP contribution is -2.03. The van der Waals surface area contributed by atoms with E-state index in [2.05, 4.69) is 24.1 Å². The van der Waals surface area contributed by atoms with Crippen LogP contribution in [-0.2, 0) is 9.47 Å². The molecule has 0 saturated carbocycles. The van der Waals surface area contributed by atoms with Crippen LogP contribution in [-0.4, -0.2) is 25.4 Å². The fourth-order valence-corrected chi connectivity index (χ4v) is 1.52. The van der Waals surface area contributed by atoms with Crippen molar-refractivity contribution in [1.29, 1.82) is 0 Å². The van der Waals surface area contributed by atoms with E-state index in [4.69, 9.17) is 9.47 Å². The van der Waals surface area contributed by atoms with Crippen LogP contribution in [0.25, 0.3) is 0 Å². The lowest BCUT2D eigenvalue weighted by molar-refractivity contribution is 0.143. The predicted octanol–water partition coefficient (Wildman–Crippen LogP) is 4.87. The van der Waals surface area contributed by atoms with Gasteiger partial charge in [-0.25, -0.2) is 9.59 Å². The Morgan fingerprint density at radius 2 is 1.10 bits per heavy atom. The summed E-state index contributed by atoms with van der Waals surface area (Å²) in [6, 6.07) is 0. The maximum atomic E-state index is 11.1. The Hall–Kier alpha value is -1.46. The summed E-state index contributed by atoms with van der Waals surface area (Å²) in [6.07, 6.45) is 6.42. The molecule has 0 rings (SSSR count). The van der Waals surface area contributed by atoms with Gasteiger partial charge in [0.25, 0.3) is 0 Å². The zero-order valence-corrected chi connectivity index (χ0v) is 12.6. The molecule has 0 radical (unpaired) electrons. The van der Waals surface area contributed by atoms with E-state index in [1.807, 2.05) is 0 Å². The summed E-state index contributed by atoms with van der Waals surface area (Å²) in [5.41, 5.74) is 0. The molecule has 20 heavy (non-hydrogen) atoms. The Morgan fingerprint density at radius 3 is 1.45 bits per heavy atom. The maximum absolute atomic E-state index is 11.1. The molecule has 6 heteroatoms. The van der Waals surface area contributed by atoms with E-state index in [1.54, 1.807) is 0 Å². The number of carbonyl (C=O) groups is 2. The molecule has 0 aromatic rings. The van der Waals surface area contributed by atoms with Crippen molar-refractivity contribution in [3.05, 3.63) is 0 Å². The first-order chi connectivity index (χ1) is 9.70. The normalized spacial score (nSPS) is 10.7. The van der Waals surface area contributed by atoms with Crippen LogP contribution in [0.3, 0.4) is 0 Å². The molecule has 0 aliphatic heterocycles. The van der Waals surface area contributed by atoms with E-state index in [0.717, 1.165) is 51.4 Å². The second-order valence-electron chi connectivity index (χ2n) is 4.55. The third-order valence-corrected chi connectivity index (χ3v) is 2.66. The topological polar surface area (TPSA) is 77.3 Å². The van der Waals surface area contributed by atoms with Gasteiger partial charge in [0.15, 0.2) is 0 Å². The first-order valence-electron chi connectivity index (χ1n) is 7.46. The summed E-state index contributed by atoms with van der Waals surface area (Å²) in [5.74, 6) is 0. The summed E-state index contributed by atoms with van der Waals surface area (Å²) in [6.45, 7) is 4.83. The van der Waals surface area contributed by atoms with Crippen molar-refractivity contribution in [1.82, 2.24) is 0 Å². The minimum Gasteiger partial charge on any atom is -0.447 e. The highest BCUT2D eigenvalue weighted by molar-refractivity contribution is 5.73. The zero-order chi connectivity index (χ0) is 15.1. The molecule has 0 aromatic heterocycles. The van der Waals surface area contributed by atoms with Gasteiger partial charge in [-0.05, 0) is 12.8 Å². The summed E-state index contributed by atoms with van der Waals surface area (Å²) >= 11 is 0. The molecule has 2 amide bonds. The molecule has 0 aliphatic carbocycles. The standard InChI is InChI=1S/C14H26N2O4/c1-3-5-7-9-11-19-13(17)15-16-14(18)20-12-10-8-6-4-2/h3-12H2,1-2H3/b16-15+. The van der Waals surface area contributed by atoms with Crippen LogP contribution in [0.4, 0.5) is 9.59 Å². The van der Waals surface area contributed by atoms with Gasteiger partial charge in [-0.3, -0.25) is 0 Å². The number of carbonyl (C=O) groups excluding carboxylic acids is 2. The predicted molar refractivity (Wildman–Crippen MR) is 75.8 cm³/mol. The van der Waals surface area contributed by atoms with Crippen LogP contribution >= 0.6 is 0 Å². The molecule has 0 unspecified atom stereocenters. The molecule has 0 aromatic carbocycles. The first kappa shape index (κ1) is 18.5. The highest BCUT2D eigenvalue weighted by Gasteiger charge is 2.03. The lowest BCUT2D eigenvalue weighted by Gasteiger charge is -2.00. The summed E-state index contributed by atoms with van der Waals surface area (Å²) in [5, 5.41) is 6.29. The molecule has 0 N–H and O–H groups in total. The number of amides is 2. The summed E-state index contributed by atoms with van der Waals surface area (Å²) in [7, 11) is 0. The average Bonchev–Trinajstić information content (AvgIpc) is 2.44. The molecule has 0 bridgehead atoms. The minimum absolute atomic E-state index is 0.309. The lowest BCUT2D eigenvalue weighted by atomic mass is 10.2. The van der Waals surface area contributed by atoms with Crippen LogP contribution in [0.2, 0.25) is 0 Å². The Labute approximate surface area is 120 Å². The third kappa shape index (κ3) is 13.0. The molecule has 0 aliphatic rings. The van der Waals surface area contributed by atoms with Crippen molar-refractivity contribution in [2.45, 2.75) is 65.2 Å². The van der Waals surface area contributed by atoms with Crippen LogP contribution < -0.4 is 0 Å². The monoisotopic (exact) mass is 286 g/mol. The van der Waals surface area contributed by atoms with Crippen molar-refractivity contribution in [2.24, 2.45) is 10.2 Å². The quantitative estimate of drug-likeness (QED) is 0.424. The van der Waals surface area contributed by atoms with E-state index in [9.17, 15) is 9.59 Å². The van der Waals surface area contributed by atoms with Crippen molar-refractivity contribution < 1.29 is 19.1 Å². The van der Waals surface area contributed by atoms with Gasteiger partial charge in [0.1, 0.15) is 0 Å². The minimum atomic E-state index is -0.843. The van der Waals surface area contributed by atoms with Gasteiger partial charge < -0.3 is 9.47 Å². The fraction of sp³-hybridized carbons (Fsp3) is 0.857. The van der Waals surface area contributed by atoms with Gasteiger partial charge in [-0.1, -0.05) is 62.6 Å². The Kier molecular flexibility index (Phi) is 12.9. The van der Waals surface area contributed by atoms with Crippen molar-refractivity contribution in [2.75, 3.05) is 13.2 Å². The van der Waals surface area contributed by atoms with Crippen LogP contribution in [0.1, 0.15) is 65.2 Å². The van der Waals surface area contributed by atoms with Crippen LogP contribution in [0.5, 0.6) is 0 Å². The first-order valence-corrected chi connectivity index (χ1v) is 7.46. The number of rotatable bonds is 10. The smallest absolute Gasteiger partial charge is 0.447 e. The van der Waals surface area contributed by atoms with E-state index in [1.165, 1.54) is 0 Å². The molecule has 0 fully saturated rings. The van der Waals surface area contributed by atoms with Gasteiger partial charge in [0.05, 0.1) is 13.2 Å². The molecule has 0 saturated heterocycles. The van der Waals surface area contributed by atoms with E-state index < -0.39 is 12.2 Å². The van der Waals surface area contributed by atoms with Crippen molar-refractivity contribution in [3.8, 4) is 0 Å². The third-order valence-electron chi connectivity index (χ3n) is 2.66. The molecule has 0 heterocycles. The fourth-order valence-electron chi connectivity index (χ4n) is 1.52. The van der Waals surface area contributed by atoms with Gasteiger partial charge in [-0.15, -0.1) is 0 Å².